The monoisotopic (exact) mass is 429 g/mol. The second kappa shape index (κ2) is 7.45. The van der Waals surface area contributed by atoms with Gasteiger partial charge in [0.05, 0.1) is 17.3 Å². The SMILES string of the molecule is O=c1c(CN2CCCC(c3cc(C(F)(F)F)n4ncnc4n3)C2)coc2ccccc12. The molecule has 5 rings (SSSR count). The Morgan fingerprint density at radius 1 is 1.23 bits per heavy atom. The first-order valence-electron chi connectivity index (χ1n) is 9.90. The third-order valence-corrected chi connectivity index (χ3v) is 5.63. The fourth-order valence-electron chi connectivity index (χ4n) is 4.15. The Labute approximate surface area is 174 Å². The Hall–Kier alpha value is -3.27. The van der Waals surface area contributed by atoms with Crippen molar-refractivity contribution >= 4 is 16.7 Å². The zero-order chi connectivity index (χ0) is 21.6. The van der Waals surface area contributed by atoms with E-state index in [-0.39, 0.29) is 17.1 Å². The highest BCUT2D eigenvalue weighted by Crippen LogP contribution is 2.33. The van der Waals surface area contributed by atoms with Gasteiger partial charge in [0.2, 0.25) is 0 Å². The maximum absolute atomic E-state index is 13.5. The molecule has 10 heteroatoms. The van der Waals surface area contributed by atoms with E-state index in [4.69, 9.17) is 4.42 Å². The summed E-state index contributed by atoms with van der Waals surface area (Å²) in [6.07, 6.45) is -0.548. The van der Waals surface area contributed by atoms with Gasteiger partial charge in [-0.3, -0.25) is 9.69 Å². The molecule has 160 valence electrons. The molecule has 0 amide bonds. The van der Waals surface area contributed by atoms with Crippen molar-refractivity contribution in [3.63, 3.8) is 0 Å². The van der Waals surface area contributed by atoms with E-state index in [1.165, 1.54) is 6.26 Å². The summed E-state index contributed by atoms with van der Waals surface area (Å²) >= 11 is 0. The van der Waals surface area contributed by atoms with E-state index in [9.17, 15) is 18.0 Å². The molecule has 0 aliphatic carbocycles. The van der Waals surface area contributed by atoms with Crippen LogP contribution in [0.3, 0.4) is 0 Å². The number of fused-ring (bicyclic) bond motifs is 2. The van der Waals surface area contributed by atoms with Crippen LogP contribution in [0.2, 0.25) is 0 Å². The molecule has 4 heterocycles. The fraction of sp³-hybridized carbons (Fsp3) is 0.333. The van der Waals surface area contributed by atoms with Crippen LogP contribution in [-0.2, 0) is 12.7 Å². The fourth-order valence-corrected chi connectivity index (χ4v) is 4.15. The molecule has 7 nitrogen and oxygen atoms in total. The smallest absolute Gasteiger partial charge is 0.433 e. The predicted molar refractivity (Wildman–Crippen MR) is 106 cm³/mol. The average Bonchev–Trinajstić information content (AvgIpc) is 3.23. The minimum absolute atomic E-state index is 0.0721. The summed E-state index contributed by atoms with van der Waals surface area (Å²) in [5.41, 5.74) is 0.404. The Morgan fingerprint density at radius 2 is 2.06 bits per heavy atom. The molecule has 0 radical (unpaired) electrons. The van der Waals surface area contributed by atoms with Crippen LogP contribution in [-0.4, -0.2) is 37.6 Å². The van der Waals surface area contributed by atoms with E-state index >= 15 is 0 Å². The molecule has 0 spiro atoms. The first-order valence-corrected chi connectivity index (χ1v) is 9.90. The lowest BCUT2D eigenvalue weighted by atomic mass is 9.93. The average molecular weight is 429 g/mol. The van der Waals surface area contributed by atoms with Crippen LogP contribution in [0.1, 0.15) is 35.7 Å². The number of nitrogens with zero attached hydrogens (tertiary/aromatic N) is 5. The molecular formula is C21H18F3N5O2. The molecule has 31 heavy (non-hydrogen) atoms. The van der Waals surface area contributed by atoms with Crippen molar-refractivity contribution in [1.29, 1.82) is 0 Å². The van der Waals surface area contributed by atoms with Gasteiger partial charge in [0.25, 0.3) is 5.78 Å². The number of hydrogen-bond donors (Lipinski definition) is 0. The first-order chi connectivity index (χ1) is 14.9. The summed E-state index contributed by atoms with van der Waals surface area (Å²) in [5.74, 6) is -0.277. The second-order valence-corrected chi connectivity index (χ2v) is 7.70. The largest absolute Gasteiger partial charge is 0.464 e. The summed E-state index contributed by atoms with van der Waals surface area (Å²) in [4.78, 5) is 23.0. The van der Waals surface area contributed by atoms with Gasteiger partial charge in [-0.1, -0.05) is 12.1 Å². The zero-order valence-corrected chi connectivity index (χ0v) is 16.3. The molecule has 1 aliphatic rings. The number of para-hydroxylation sites is 1. The molecule has 1 aliphatic heterocycles. The topological polar surface area (TPSA) is 76.5 Å². The molecule has 3 aromatic heterocycles. The first kappa shape index (κ1) is 19.7. The summed E-state index contributed by atoms with van der Waals surface area (Å²) in [7, 11) is 0. The van der Waals surface area contributed by atoms with Crippen LogP contribution >= 0.6 is 0 Å². The van der Waals surface area contributed by atoms with Crippen LogP contribution in [0.4, 0.5) is 13.2 Å². The van der Waals surface area contributed by atoms with Crippen LogP contribution in [0.5, 0.6) is 0 Å². The number of rotatable bonds is 3. The van der Waals surface area contributed by atoms with Gasteiger partial charge >= 0.3 is 6.18 Å². The van der Waals surface area contributed by atoms with E-state index in [0.29, 0.717) is 46.3 Å². The van der Waals surface area contributed by atoms with E-state index in [1.807, 2.05) is 0 Å². The van der Waals surface area contributed by atoms with Gasteiger partial charge in [0.1, 0.15) is 11.9 Å². The van der Waals surface area contributed by atoms with Crippen molar-refractivity contribution in [2.24, 2.45) is 0 Å². The number of piperidine rings is 1. The van der Waals surface area contributed by atoms with Crippen LogP contribution in [0, 0.1) is 0 Å². The number of halogens is 3. The Bertz CT molecular complexity index is 1310. The molecule has 1 saturated heterocycles. The molecule has 1 unspecified atom stereocenters. The van der Waals surface area contributed by atoms with Crippen molar-refractivity contribution in [2.75, 3.05) is 13.1 Å². The molecule has 1 aromatic carbocycles. The highest BCUT2D eigenvalue weighted by molar-refractivity contribution is 5.76. The molecule has 0 N–H and O–H groups in total. The molecule has 0 bridgehead atoms. The highest BCUT2D eigenvalue weighted by Gasteiger charge is 2.36. The van der Waals surface area contributed by atoms with Crippen LogP contribution in [0.15, 0.2) is 52.1 Å². The lowest BCUT2D eigenvalue weighted by Crippen LogP contribution is -2.35. The minimum atomic E-state index is -4.57. The zero-order valence-electron chi connectivity index (χ0n) is 16.3. The summed E-state index contributed by atoms with van der Waals surface area (Å²) in [6, 6.07) is 8.10. The van der Waals surface area contributed by atoms with Crippen molar-refractivity contribution in [3.05, 3.63) is 70.1 Å². The van der Waals surface area contributed by atoms with Crippen molar-refractivity contribution < 1.29 is 17.6 Å². The van der Waals surface area contributed by atoms with Gasteiger partial charge in [-0.25, -0.2) is 4.98 Å². The van der Waals surface area contributed by atoms with Gasteiger partial charge in [0, 0.05) is 24.6 Å². The Kier molecular flexibility index (Phi) is 4.73. The number of benzene rings is 1. The maximum atomic E-state index is 13.5. The third-order valence-electron chi connectivity index (χ3n) is 5.63. The molecular weight excluding hydrogens is 411 g/mol. The Balaban J connectivity index is 1.42. The Morgan fingerprint density at radius 3 is 2.90 bits per heavy atom. The second-order valence-electron chi connectivity index (χ2n) is 7.70. The minimum Gasteiger partial charge on any atom is -0.464 e. The standard InChI is InChI=1S/C21H18F3N5O2/c22-21(23,24)18-8-16(27-20-25-12-26-29(18)20)13-4-3-7-28(9-13)10-14-11-31-17-6-2-1-5-15(17)19(14)30/h1-2,5-6,8,11-13H,3-4,7,9-10H2. The highest BCUT2D eigenvalue weighted by atomic mass is 19.4. The van der Waals surface area contributed by atoms with Gasteiger partial charge in [0.15, 0.2) is 11.1 Å². The van der Waals surface area contributed by atoms with E-state index in [2.05, 4.69) is 20.0 Å². The number of alkyl halides is 3. The molecule has 1 fully saturated rings. The molecule has 0 saturated carbocycles. The van der Waals surface area contributed by atoms with Gasteiger partial charge in [-0.05, 0) is 37.6 Å². The maximum Gasteiger partial charge on any atom is 0.433 e. The van der Waals surface area contributed by atoms with Gasteiger partial charge < -0.3 is 4.42 Å². The summed E-state index contributed by atoms with van der Waals surface area (Å²) in [6.45, 7) is 1.59. The number of aromatic nitrogens is 4. The van der Waals surface area contributed by atoms with Gasteiger partial charge in [-0.2, -0.15) is 27.8 Å². The van der Waals surface area contributed by atoms with E-state index < -0.39 is 11.9 Å². The number of hydrogen-bond acceptors (Lipinski definition) is 6. The summed E-state index contributed by atoms with van der Waals surface area (Å²) in [5, 5.41) is 4.16. The van der Waals surface area contributed by atoms with Crippen molar-refractivity contribution in [3.8, 4) is 0 Å². The summed E-state index contributed by atoms with van der Waals surface area (Å²) < 4.78 is 46.8. The van der Waals surface area contributed by atoms with Crippen molar-refractivity contribution in [2.45, 2.75) is 31.5 Å². The predicted octanol–water partition coefficient (Wildman–Crippen LogP) is 3.63. The van der Waals surface area contributed by atoms with Gasteiger partial charge in [-0.15, -0.1) is 0 Å². The third kappa shape index (κ3) is 3.67. The normalized spacial score (nSPS) is 18.1. The van der Waals surface area contributed by atoms with Crippen LogP contribution in [0.25, 0.3) is 16.7 Å². The number of likely N-dealkylation sites (tertiary alicyclic amines) is 1. The molecule has 4 aromatic rings. The molecule has 1 atom stereocenters. The van der Waals surface area contributed by atoms with E-state index in [1.54, 1.807) is 24.3 Å². The van der Waals surface area contributed by atoms with E-state index in [0.717, 1.165) is 25.4 Å². The lowest BCUT2D eigenvalue weighted by molar-refractivity contribution is -0.142. The van der Waals surface area contributed by atoms with Crippen molar-refractivity contribution in [1.82, 2.24) is 24.5 Å². The quantitative estimate of drug-likeness (QED) is 0.495. The van der Waals surface area contributed by atoms with Crippen LogP contribution < -0.4 is 5.43 Å². The lowest BCUT2D eigenvalue weighted by Gasteiger charge is -2.32.